The summed E-state index contributed by atoms with van der Waals surface area (Å²) in [5.41, 5.74) is 2.50. The fourth-order valence-electron chi connectivity index (χ4n) is 2.49. The maximum absolute atomic E-state index is 6.17. The van der Waals surface area contributed by atoms with Crippen molar-refractivity contribution in [2.24, 2.45) is 0 Å². The molecule has 3 heteroatoms. The van der Waals surface area contributed by atoms with E-state index in [0.717, 1.165) is 36.6 Å². The number of hydrogen-bond acceptors (Lipinski definition) is 2. The van der Waals surface area contributed by atoms with Gasteiger partial charge in [0.2, 0.25) is 0 Å². The predicted octanol–water partition coefficient (Wildman–Crippen LogP) is 5.02. The van der Waals surface area contributed by atoms with Crippen LogP contribution in [0.5, 0.6) is 5.75 Å². The second-order valence-corrected chi connectivity index (χ2v) is 5.91. The molecule has 0 bridgehead atoms. The summed E-state index contributed by atoms with van der Waals surface area (Å²) in [6.07, 6.45) is 3.32. The second-order valence-electron chi connectivity index (χ2n) is 5.50. The van der Waals surface area contributed by atoms with Crippen LogP contribution in [0.1, 0.15) is 36.9 Å². The predicted molar refractivity (Wildman–Crippen MR) is 93.8 cm³/mol. The first-order chi connectivity index (χ1) is 10.7. The van der Waals surface area contributed by atoms with Gasteiger partial charge in [-0.05, 0) is 62.1 Å². The summed E-state index contributed by atoms with van der Waals surface area (Å²) in [5, 5.41) is 4.44. The van der Waals surface area contributed by atoms with Crippen LogP contribution < -0.4 is 10.1 Å². The quantitative estimate of drug-likeness (QED) is 0.690. The lowest BCUT2D eigenvalue weighted by Crippen LogP contribution is -2.20. The molecule has 2 rings (SSSR count). The first-order valence-corrected chi connectivity index (χ1v) is 8.19. The van der Waals surface area contributed by atoms with Gasteiger partial charge in [-0.3, -0.25) is 0 Å². The molecule has 0 saturated carbocycles. The molecule has 0 aliphatic heterocycles. The molecule has 2 aromatic carbocycles. The first-order valence-electron chi connectivity index (χ1n) is 7.81. The van der Waals surface area contributed by atoms with Crippen LogP contribution in [-0.4, -0.2) is 13.7 Å². The van der Waals surface area contributed by atoms with Crippen LogP contribution in [-0.2, 0) is 6.42 Å². The van der Waals surface area contributed by atoms with Crippen LogP contribution in [0.15, 0.2) is 48.5 Å². The lowest BCUT2D eigenvalue weighted by atomic mass is 10.1. The van der Waals surface area contributed by atoms with Gasteiger partial charge in [-0.15, -0.1) is 0 Å². The standard InChI is InChI=1S/C19H24ClNO/c1-15(17-10-7-11-18(14-17)22-2)21-13-6-5-9-16-8-3-4-12-19(16)20/h3-4,7-8,10-12,14-15,21H,5-6,9,13H2,1-2H3/t15-/m1/s1. The summed E-state index contributed by atoms with van der Waals surface area (Å²) in [6.45, 7) is 3.19. The number of hydrogen-bond donors (Lipinski definition) is 1. The molecule has 1 N–H and O–H groups in total. The van der Waals surface area contributed by atoms with Crippen LogP contribution in [0.4, 0.5) is 0 Å². The normalized spacial score (nSPS) is 12.1. The van der Waals surface area contributed by atoms with Crippen molar-refractivity contribution < 1.29 is 4.74 Å². The maximum atomic E-state index is 6.17. The summed E-state index contributed by atoms with van der Waals surface area (Å²) in [6, 6.07) is 16.6. The van der Waals surface area contributed by atoms with Gasteiger partial charge in [-0.25, -0.2) is 0 Å². The molecule has 0 fully saturated rings. The van der Waals surface area contributed by atoms with Gasteiger partial charge in [0.25, 0.3) is 0 Å². The molecule has 22 heavy (non-hydrogen) atoms. The van der Waals surface area contributed by atoms with Crippen molar-refractivity contribution in [3.05, 3.63) is 64.7 Å². The van der Waals surface area contributed by atoms with E-state index in [0.29, 0.717) is 6.04 Å². The summed E-state index contributed by atoms with van der Waals surface area (Å²) >= 11 is 6.17. The molecule has 0 radical (unpaired) electrons. The Labute approximate surface area is 138 Å². The summed E-state index contributed by atoms with van der Waals surface area (Å²) in [5.74, 6) is 0.907. The molecule has 0 aliphatic rings. The fourth-order valence-corrected chi connectivity index (χ4v) is 2.72. The molecule has 0 aromatic heterocycles. The molecule has 0 amide bonds. The van der Waals surface area contributed by atoms with Crippen molar-refractivity contribution in [2.45, 2.75) is 32.2 Å². The Morgan fingerprint density at radius 1 is 1.09 bits per heavy atom. The third kappa shape index (κ3) is 5.04. The van der Waals surface area contributed by atoms with E-state index in [1.54, 1.807) is 7.11 Å². The van der Waals surface area contributed by atoms with E-state index in [9.17, 15) is 0 Å². The Morgan fingerprint density at radius 3 is 2.68 bits per heavy atom. The van der Waals surface area contributed by atoms with E-state index in [4.69, 9.17) is 16.3 Å². The topological polar surface area (TPSA) is 21.3 Å². The van der Waals surface area contributed by atoms with Crippen LogP contribution in [0.25, 0.3) is 0 Å². The molecule has 0 heterocycles. The number of aryl methyl sites for hydroxylation is 1. The monoisotopic (exact) mass is 317 g/mol. The summed E-state index contributed by atoms with van der Waals surface area (Å²) in [4.78, 5) is 0. The highest BCUT2D eigenvalue weighted by Crippen LogP contribution is 2.19. The molecular weight excluding hydrogens is 294 g/mol. The zero-order valence-corrected chi connectivity index (χ0v) is 14.1. The highest BCUT2D eigenvalue weighted by molar-refractivity contribution is 6.31. The third-order valence-electron chi connectivity index (χ3n) is 3.88. The van der Waals surface area contributed by atoms with Gasteiger partial charge >= 0.3 is 0 Å². The van der Waals surface area contributed by atoms with E-state index >= 15 is 0 Å². The third-order valence-corrected chi connectivity index (χ3v) is 4.24. The van der Waals surface area contributed by atoms with E-state index in [2.05, 4.69) is 30.4 Å². The first kappa shape index (κ1) is 16.9. The van der Waals surface area contributed by atoms with Crippen molar-refractivity contribution in [3.63, 3.8) is 0 Å². The number of ether oxygens (including phenoxy) is 1. The van der Waals surface area contributed by atoms with Crippen molar-refractivity contribution in [1.29, 1.82) is 0 Å². The van der Waals surface area contributed by atoms with Crippen molar-refractivity contribution in [2.75, 3.05) is 13.7 Å². The number of rotatable bonds is 8. The Balaban J connectivity index is 1.71. The van der Waals surface area contributed by atoms with Crippen molar-refractivity contribution in [1.82, 2.24) is 5.32 Å². The van der Waals surface area contributed by atoms with Gasteiger partial charge in [0.05, 0.1) is 7.11 Å². The Bertz CT molecular complexity index is 585. The molecule has 2 aromatic rings. The lowest BCUT2D eigenvalue weighted by molar-refractivity contribution is 0.413. The van der Waals surface area contributed by atoms with Crippen molar-refractivity contribution >= 4 is 11.6 Å². The van der Waals surface area contributed by atoms with Crippen LogP contribution in [0.3, 0.4) is 0 Å². The average Bonchev–Trinajstić information content (AvgIpc) is 2.56. The SMILES string of the molecule is COc1cccc([C@@H](C)NCCCCc2ccccc2Cl)c1. The minimum absolute atomic E-state index is 0.329. The average molecular weight is 318 g/mol. The molecule has 1 atom stereocenters. The highest BCUT2D eigenvalue weighted by atomic mass is 35.5. The van der Waals surface area contributed by atoms with Crippen LogP contribution in [0.2, 0.25) is 5.02 Å². The van der Waals surface area contributed by atoms with Crippen molar-refractivity contribution in [3.8, 4) is 5.75 Å². The van der Waals surface area contributed by atoms with Gasteiger partial charge in [0.1, 0.15) is 5.75 Å². The summed E-state index contributed by atoms with van der Waals surface area (Å²) in [7, 11) is 1.70. The fraction of sp³-hybridized carbons (Fsp3) is 0.368. The number of unbranched alkanes of at least 4 members (excludes halogenated alkanes) is 1. The Morgan fingerprint density at radius 2 is 1.91 bits per heavy atom. The molecule has 0 unspecified atom stereocenters. The van der Waals surface area contributed by atoms with Crippen LogP contribution >= 0.6 is 11.6 Å². The highest BCUT2D eigenvalue weighted by Gasteiger charge is 2.05. The smallest absolute Gasteiger partial charge is 0.119 e. The van der Waals surface area contributed by atoms with Gasteiger partial charge in [-0.1, -0.05) is 41.9 Å². The Kier molecular flexibility index (Phi) is 6.75. The van der Waals surface area contributed by atoms with Gasteiger partial charge in [0, 0.05) is 11.1 Å². The van der Waals surface area contributed by atoms with Gasteiger partial charge < -0.3 is 10.1 Å². The number of benzene rings is 2. The molecule has 0 aliphatic carbocycles. The van der Waals surface area contributed by atoms with Crippen LogP contribution in [0, 0.1) is 0 Å². The zero-order chi connectivity index (χ0) is 15.8. The second kappa shape index (κ2) is 8.82. The molecule has 2 nitrogen and oxygen atoms in total. The lowest BCUT2D eigenvalue weighted by Gasteiger charge is -2.15. The van der Waals surface area contributed by atoms with Gasteiger partial charge in [-0.2, -0.15) is 0 Å². The molecular formula is C19H24ClNO. The minimum Gasteiger partial charge on any atom is -0.497 e. The molecule has 0 saturated heterocycles. The number of halogens is 1. The van der Waals surface area contributed by atoms with Gasteiger partial charge in [0.15, 0.2) is 0 Å². The number of methoxy groups -OCH3 is 1. The molecule has 0 spiro atoms. The van der Waals surface area contributed by atoms with E-state index < -0.39 is 0 Å². The maximum Gasteiger partial charge on any atom is 0.119 e. The minimum atomic E-state index is 0.329. The Hall–Kier alpha value is -1.51. The zero-order valence-electron chi connectivity index (χ0n) is 13.3. The largest absolute Gasteiger partial charge is 0.497 e. The summed E-state index contributed by atoms with van der Waals surface area (Å²) < 4.78 is 5.27. The molecule has 118 valence electrons. The van der Waals surface area contributed by atoms with E-state index in [1.165, 1.54) is 11.1 Å². The van der Waals surface area contributed by atoms with E-state index in [1.807, 2.05) is 30.3 Å². The number of nitrogens with one attached hydrogen (secondary N) is 1. The van der Waals surface area contributed by atoms with E-state index in [-0.39, 0.29) is 0 Å².